The summed E-state index contributed by atoms with van der Waals surface area (Å²) in [4.78, 5) is 0. The van der Waals surface area contributed by atoms with Crippen molar-refractivity contribution < 1.29 is 9.84 Å². The first-order valence-corrected chi connectivity index (χ1v) is 4.72. The summed E-state index contributed by atoms with van der Waals surface area (Å²) in [6.07, 6.45) is 0. The van der Waals surface area contributed by atoms with E-state index in [9.17, 15) is 5.11 Å². The highest BCUT2D eigenvalue weighted by Crippen LogP contribution is 2.15. The molecule has 1 aromatic carbocycles. The van der Waals surface area contributed by atoms with Crippen LogP contribution >= 0.6 is 15.9 Å². The van der Waals surface area contributed by atoms with E-state index in [0.717, 1.165) is 0 Å². The van der Waals surface area contributed by atoms with Gasteiger partial charge in [-0.15, -0.1) is 0 Å². The Morgan fingerprint density at radius 2 is 2.00 bits per heavy atom. The van der Waals surface area contributed by atoms with Gasteiger partial charge in [-0.3, -0.25) is 0 Å². The standard InChI is InChI=1S/C9H12BrNO2/c10-9(12,6-11)7-13-8-4-2-1-3-5-8/h1-5,12H,6-7,11H2. The Morgan fingerprint density at radius 1 is 1.38 bits per heavy atom. The van der Waals surface area contributed by atoms with Gasteiger partial charge in [-0.25, -0.2) is 0 Å². The van der Waals surface area contributed by atoms with E-state index in [0.29, 0.717) is 5.75 Å². The van der Waals surface area contributed by atoms with Crippen molar-refractivity contribution in [3.05, 3.63) is 30.3 Å². The molecule has 72 valence electrons. The molecule has 0 heterocycles. The first kappa shape index (κ1) is 10.5. The van der Waals surface area contributed by atoms with Crippen LogP contribution in [-0.4, -0.2) is 22.8 Å². The number of nitrogens with two attached hydrogens (primary N) is 1. The largest absolute Gasteiger partial charge is 0.490 e. The van der Waals surface area contributed by atoms with E-state index in [1.807, 2.05) is 30.3 Å². The number of para-hydroxylation sites is 1. The Kier molecular flexibility index (Phi) is 3.71. The minimum absolute atomic E-state index is 0.111. The Balaban J connectivity index is 2.44. The maximum Gasteiger partial charge on any atom is 0.165 e. The van der Waals surface area contributed by atoms with Gasteiger partial charge in [0.2, 0.25) is 0 Å². The third-order valence-electron chi connectivity index (χ3n) is 1.52. The van der Waals surface area contributed by atoms with Crippen molar-refractivity contribution in [2.45, 2.75) is 4.51 Å². The molecule has 3 N–H and O–H groups in total. The van der Waals surface area contributed by atoms with Crippen molar-refractivity contribution in [1.82, 2.24) is 0 Å². The molecule has 0 fully saturated rings. The van der Waals surface area contributed by atoms with Gasteiger partial charge < -0.3 is 15.6 Å². The summed E-state index contributed by atoms with van der Waals surface area (Å²) >= 11 is 3.04. The van der Waals surface area contributed by atoms with Gasteiger partial charge in [0.1, 0.15) is 12.4 Å². The fourth-order valence-corrected chi connectivity index (χ4v) is 0.884. The Bertz CT molecular complexity index is 251. The molecule has 0 aliphatic heterocycles. The number of hydrogen-bond donors (Lipinski definition) is 2. The monoisotopic (exact) mass is 245 g/mol. The fourth-order valence-electron chi connectivity index (χ4n) is 0.770. The molecule has 4 heteroatoms. The maximum atomic E-state index is 9.45. The van der Waals surface area contributed by atoms with Crippen molar-refractivity contribution in [1.29, 1.82) is 0 Å². The van der Waals surface area contributed by atoms with Gasteiger partial charge in [0.05, 0.1) is 0 Å². The third kappa shape index (κ3) is 3.76. The van der Waals surface area contributed by atoms with E-state index in [4.69, 9.17) is 10.5 Å². The van der Waals surface area contributed by atoms with Gasteiger partial charge in [0.25, 0.3) is 0 Å². The summed E-state index contributed by atoms with van der Waals surface area (Å²) in [5, 5.41) is 9.45. The summed E-state index contributed by atoms with van der Waals surface area (Å²) in [6, 6.07) is 9.27. The van der Waals surface area contributed by atoms with Gasteiger partial charge in [0, 0.05) is 6.54 Å². The topological polar surface area (TPSA) is 55.5 Å². The second-order valence-corrected chi connectivity index (χ2v) is 4.20. The molecule has 3 nitrogen and oxygen atoms in total. The van der Waals surface area contributed by atoms with Crippen molar-refractivity contribution >= 4 is 15.9 Å². The van der Waals surface area contributed by atoms with E-state index in [-0.39, 0.29) is 13.2 Å². The van der Waals surface area contributed by atoms with Crippen LogP contribution in [0.4, 0.5) is 0 Å². The molecule has 1 rings (SSSR count). The Hall–Kier alpha value is -0.580. The summed E-state index contributed by atoms with van der Waals surface area (Å²) < 4.78 is 4.15. The summed E-state index contributed by atoms with van der Waals surface area (Å²) in [6.45, 7) is 0.243. The number of halogens is 1. The Labute approximate surface area is 85.6 Å². The lowest BCUT2D eigenvalue weighted by atomic mass is 10.3. The summed E-state index contributed by atoms with van der Waals surface area (Å²) in [7, 11) is 0. The molecule has 1 aromatic rings. The normalized spacial score (nSPS) is 15.0. The second kappa shape index (κ2) is 4.60. The molecule has 0 aromatic heterocycles. The van der Waals surface area contributed by atoms with Crippen LogP contribution in [0.3, 0.4) is 0 Å². The lowest BCUT2D eigenvalue weighted by Crippen LogP contribution is -2.37. The highest BCUT2D eigenvalue weighted by atomic mass is 79.9. The highest BCUT2D eigenvalue weighted by molar-refractivity contribution is 9.10. The molecule has 13 heavy (non-hydrogen) atoms. The number of rotatable bonds is 4. The molecule has 0 saturated heterocycles. The van der Waals surface area contributed by atoms with E-state index >= 15 is 0 Å². The average molecular weight is 246 g/mol. The molecule has 1 atom stereocenters. The zero-order valence-electron chi connectivity index (χ0n) is 7.11. The smallest absolute Gasteiger partial charge is 0.165 e. The molecule has 0 spiro atoms. The van der Waals surface area contributed by atoms with Crippen LogP contribution in [-0.2, 0) is 0 Å². The SMILES string of the molecule is NCC(O)(Br)COc1ccccc1. The number of hydrogen-bond acceptors (Lipinski definition) is 3. The minimum Gasteiger partial charge on any atom is -0.490 e. The van der Waals surface area contributed by atoms with Gasteiger partial charge in [-0.1, -0.05) is 18.2 Å². The quantitative estimate of drug-likeness (QED) is 0.782. The van der Waals surface area contributed by atoms with E-state index in [1.165, 1.54) is 0 Å². The van der Waals surface area contributed by atoms with Gasteiger partial charge in [-0.2, -0.15) is 0 Å². The van der Waals surface area contributed by atoms with Crippen LogP contribution in [0.2, 0.25) is 0 Å². The molecule has 0 saturated carbocycles. The van der Waals surface area contributed by atoms with Gasteiger partial charge in [0.15, 0.2) is 4.51 Å². The van der Waals surface area contributed by atoms with Crippen LogP contribution in [0.25, 0.3) is 0 Å². The predicted octanol–water partition coefficient (Wildman–Crippen LogP) is 1.11. The Morgan fingerprint density at radius 3 is 2.54 bits per heavy atom. The van der Waals surface area contributed by atoms with Crippen LogP contribution in [0, 0.1) is 0 Å². The van der Waals surface area contributed by atoms with Crippen LogP contribution < -0.4 is 10.5 Å². The molecule has 1 unspecified atom stereocenters. The lowest BCUT2D eigenvalue weighted by molar-refractivity contribution is 0.0899. The zero-order valence-corrected chi connectivity index (χ0v) is 8.70. The number of alkyl halides is 1. The van der Waals surface area contributed by atoms with Crippen LogP contribution in [0.5, 0.6) is 5.75 Å². The second-order valence-electron chi connectivity index (χ2n) is 2.72. The van der Waals surface area contributed by atoms with Gasteiger partial charge >= 0.3 is 0 Å². The average Bonchev–Trinajstić information content (AvgIpc) is 2.17. The molecule has 0 aliphatic carbocycles. The number of aliphatic hydroxyl groups is 1. The van der Waals surface area contributed by atoms with Crippen molar-refractivity contribution in [3.63, 3.8) is 0 Å². The predicted molar refractivity (Wildman–Crippen MR) is 54.9 cm³/mol. The molecule has 0 bridgehead atoms. The first-order chi connectivity index (χ1) is 6.14. The summed E-state index contributed by atoms with van der Waals surface area (Å²) in [5.41, 5.74) is 5.29. The molecular formula is C9H12BrNO2. The maximum absolute atomic E-state index is 9.45. The molecular weight excluding hydrogens is 234 g/mol. The first-order valence-electron chi connectivity index (χ1n) is 3.93. The summed E-state index contributed by atoms with van der Waals surface area (Å²) in [5.74, 6) is 0.717. The molecule has 0 radical (unpaired) electrons. The van der Waals surface area contributed by atoms with E-state index in [2.05, 4.69) is 15.9 Å². The minimum atomic E-state index is -1.14. The zero-order chi connectivity index (χ0) is 9.73. The lowest BCUT2D eigenvalue weighted by Gasteiger charge is -2.18. The van der Waals surface area contributed by atoms with E-state index in [1.54, 1.807) is 0 Å². The highest BCUT2D eigenvalue weighted by Gasteiger charge is 2.21. The third-order valence-corrected chi connectivity index (χ3v) is 2.07. The molecule has 0 aliphatic rings. The fraction of sp³-hybridized carbons (Fsp3) is 0.333. The van der Waals surface area contributed by atoms with Crippen molar-refractivity contribution in [2.75, 3.05) is 13.2 Å². The number of ether oxygens (including phenoxy) is 1. The van der Waals surface area contributed by atoms with Crippen LogP contribution in [0.15, 0.2) is 30.3 Å². The van der Waals surface area contributed by atoms with Crippen molar-refractivity contribution in [3.8, 4) is 5.75 Å². The van der Waals surface area contributed by atoms with E-state index < -0.39 is 4.51 Å². The molecule has 0 amide bonds. The number of benzene rings is 1. The van der Waals surface area contributed by atoms with Gasteiger partial charge in [-0.05, 0) is 28.1 Å². The van der Waals surface area contributed by atoms with Crippen molar-refractivity contribution in [2.24, 2.45) is 5.73 Å². The van der Waals surface area contributed by atoms with Crippen LogP contribution in [0.1, 0.15) is 0 Å².